The van der Waals surface area contributed by atoms with Gasteiger partial charge in [0.05, 0.1) is 0 Å². The van der Waals surface area contributed by atoms with Crippen molar-refractivity contribution in [3.8, 4) is 0 Å². The van der Waals surface area contributed by atoms with E-state index in [-0.39, 0.29) is 0 Å². The molecule has 0 amide bonds. The van der Waals surface area contributed by atoms with Crippen LogP contribution in [-0.4, -0.2) is 36.1 Å². The molecule has 16 heavy (non-hydrogen) atoms. The summed E-state index contributed by atoms with van der Waals surface area (Å²) in [6, 6.07) is 2.50. The van der Waals surface area contributed by atoms with Gasteiger partial charge in [-0.2, -0.15) is 0 Å². The summed E-state index contributed by atoms with van der Waals surface area (Å²) in [5.74, 6) is 0. The third-order valence-electron chi connectivity index (χ3n) is 4.25. The molecule has 2 aliphatic carbocycles. The first-order valence-electron chi connectivity index (χ1n) is 7.36. The van der Waals surface area contributed by atoms with E-state index < -0.39 is 0 Å². The lowest BCUT2D eigenvalue weighted by atomic mass is 10.0. The second-order valence-electron chi connectivity index (χ2n) is 5.43. The number of hydrogen-bond donors (Lipinski definition) is 1. The molecule has 0 aliphatic heterocycles. The Morgan fingerprint density at radius 2 is 1.75 bits per heavy atom. The largest absolute Gasteiger partial charge is 0.313 e. The van der Waals surface area contributed by atoms with Crippen LogP contribution in [0.1, 0.15) is 58.8 Å². The van der Waals surface area contributed by atoms with Gasteiger partial charge in [0, 0.05) is 18.1 Å². The van der Waals surface area contributed by atoms with Gasteiger partial charge < -0.3 is 5.32 Å². The lowest BCUT2D eigenvalue weighted by Crippen LogP contribution is -2.50. The maximum atomic E-state index is 3.73. The van der Waals surface area contributed by atoms with Crippen LogP contribution in [0.15, 0.2) is 0 Å². The Balaban J connectivity index is 1.99. The molecule has 2 rings (SSSR count). The average Bonchev–Trinajstić information content (AvgIpc) is 3.09. The molecule has 0 aromatic rings. The third-order valence-corrected chi connectivity index (χ3v) is 4.25. The molecule has 2 unspecified atom stereocenters. The molecule has 0 saturated heterocycles. The Bertz CT molecular complexity index is 201. The predicted octanol–water partition coefficient (Wildman–Crippen LogP) is 2.78. The monoisotopic (exact) mass is 224 g/mol. The van der Waals surface area contributed by atoms with Gasteiger partial charge in [-0.05, 0) is 38.8 Å². The number of nitrogens with zero attached hydrogens (tertiary/aromatic N) is 1. The summed E-state index contributed by atoms with van der Waals surface area (Å²) in [6.45, 7) is 6.96. The van der Waals surface area contributed by atoms with Crippen molar-refractivity contribution in [1.29, 1.82) is 0 Å². The van der Waals surface area contributed by atoms with Gasteiger partial charge in [0.1, 0.15) is 0 Å². The minimum atomic E-state index is 0.757. The molecule has 2 atom stereocenters. The van der Waals surface area contributed by atoms with Crippen molar-refractivity contribution in [3.63, 3.8) is 0 Å². The second kappa shape index (κ2) is 6.02. The maximum absolute atomic E-state index is 3.73. The Morgan fingerprint density at radius 3 is 2.38 bits per heavy atom. The van der Waals surface area contributed by atoms with Crippen molar-refractivity contribution in [2.45, 2.75) is 76.9 Å². The first-order valence-corrected chi connectivity index (χ1v) is 7.36. The van der Waals surface area contributed by atoms with Crippen LogP contribution in [0.4, 0.5) is 0 Å². The van der Waals surface area contributed by atoms with Crippen LogP contribution in [0.25, 0.3) is 0 Å². The smallest absolute Gasteiger partial charge is 0.0252 e. The highest BCUT2D eigenvalue weighted by molar-refractivity contribution is 4.94. The summed E-state index contributed by atoms with van der Waals surface area (Å²) in [4.78, 5) is 2.79. The summed E-state index contributed by atoms with van der Waals surface area (Å²) in [5, 5.41) is 3.73. The zero-order valence-electron chi connectivity index (χ0n) is 11.0. The highest BCUT2D eigenvalue weighted by atomic mass is 15.2. The van der Waals surface area contributed by atoms with E-state index in [1.54, 1.807) is 0 Å². The van der Waals surface area contributed by atoms with Crippen molar-refractivity contribution in [1.82, 2.24) is 10.2 Å². The summed E-state index contributed by atoms with van der Waals surface area (Å²) >= 11 is 0. The first-order chi connectivity index (χ1) is 7.86. The molecule has 0 radical (unpaired) electrons. The standard InChI is InChI=1S/C14H28N2/c1-3-15-13-8-6-5-7-9-14(13)16(4-2)12-10-11-12/h12-15H,3-11H2,1-2H3. The molecule has 0 aromatic heterocycles. The summed E-state index contributed by atoms with van der Waals surface area (Å²) < 4.78 is 0. The van der Waals surface area contributed by atoms with Crippen LogP contribution in [0.2, 0.25) is 0 Å². The Morgan fingerprint density at radius 1 is 1.00 bits per heavy atom. The summed E-state index contributed by atoms with van der Waals surface area (Å²) in [7, 11) is 0. The highest BCUT2D eigenvalue weighted by Crippen LogP contribution is 2.32. The van der Waals surface area contributed by atoms with Gasteiger partial charge in [0.15, 0.2) is 0 Å². The number of rotatable bonds is 5. The van der Waals surface area contributed by atoms with E-state index in [0.29, 0.717) is 0 Å². The van der Waals surface area contributed by atoms with Crippen LogP contribution < -0.4 is 5.32 Å². The van der Waals surface area contributed by atoms with Gasteiger partial charge in [0.2, 0.25) is 0 Å². The van der Waals surface area contributed by atoms with Crippen molar-refractivity contribution >= 4 is 0 Å². The fourth-order valence-corrected chi connectivity index (χ4v) is 3.35. The van der Waals surface area contributed by atoms with Crippen LogP contribution in [0, 0.1) is 0 Å². The van der Waals surface area contributed by atoms with Crippen molar-refractivity contribution in [2.24, 2.45) is 0 Å². The molecule has 0 aromatic carbocycles. The lowest BCUT2D eigenvalue weighted by Gasteiger charge is -2.36. The molecule has 2 aliphatic rings. The molecule has 94 valence electrons. The quantitative estimate of drug-likeness (QED) is 0.722. The van der Waals surface area contributed by atoms with E-state index in [9.17, 15) is 0 Å². The molecule has 0 bridgehead atoms. The Kier molecular flexibility index (Phi) is 4.66. The average molecular weight is 224 g/mol. The fourth-order valence-electron chi connectivity index (χ4n) is 3.35. The van der Waals surface area contributed by atoms with Gasteiger partial charge >= 0.3 is 0 Å². The fraction of sp³-hybridized carbons (Fsp3) is 1.00. The Hall–Kier alpha value is -0.0800. The van der Waals surface area contributed by atoms with Crippen molar-refractivity contribution in [2.75, 3.05) is 13.1 Å². The van der Waals surface area contributed by atoms with Gasteiger partial charge in [0.25, 0.3) is 0 Å². The predicted molar refractivity (Wildman–Crippen MR) is 69.7 cm³/mol. The number of nitrogens with one attached hydrogen (secondary N) is 1. The first kappa shape index (κ1) is 12.4. The van der Waals surface area contributed by atoms with Crippen LogP contribution in [-0.2, 0) is 0 Å². The van der Waals surface area contributed by atoms with Gasteiger partial charge in [-0.3, -0.25) is 4.90 Å². The van der Waals surface area contributed by atoms with Crippen LogP contribution >= 0.6 is 0 Å². The third kappa shape index (κ3) is 2.98. The molecule has 0 heterocycles. The van der Waals surface area contributed by atoms with E-state index in [0.717, 1.165) is 24.7 Å². The topological polar surface area (TPSA) is 15.3 Å². The molecule has 2 saturated carbocycles. The van der Waals surface area contributed by atoms with E-state index in [2.05, 4.69) is 24.1 Å². The minimum absolute atomic E-state index is 0.757. The van der Waals surface area contributed by atoms with E-state index in [1.807, 2.05) is 0 Å². The maximum Gasteiger partial charge on any atom is 0.0252 e. The summed E-state index contributed by atoms with van der Waals surface area (Å²) in [6.07, 6.45) is 10.0. The second-order valence-corrected chi connectivity index (χ2v) is 5.43. The molecule has 2 nitrogen and oxygen atoms in total. The van der Waals surface area contributed by atoms with Crippen molar-refractivity contribution < 1.29 is 0 Å². The van der Waals surface area contributed by atoms with Crippen LogP contribution in [0.5, 0.6) is 0 Å². The van der Waals surface area contributed by atoms with Gasteiger partial charge in [-0.25, -0.2) is 0 Å². The normalized spacial score (nSPS) is 31.7. The minimum Gasteiger partial charge on any atom is -0.313 e. The molecule has 2 heteroatoms. The molecule has 0 spiro atoms. The zero-order valence-corrected chi connectivity index (χ0v) is 11.0. The molecule has 2 fully saturated rings. The van der Waals surface area contributed by atoms with E-state index in [4.69, 9.17) is 0 Å². The Labute approximate surface area is 101 Å². The molecular weight excluding hydrogens is 196 g/mol. The van der Waals surface area contributed by atoms with Gasteiger partial charge in [-0.1, -0.05) is 33.1 Å². The number of hydrogen-bond acceptors (Lipinski definition) is 2. The highest BCUT2D eigenvalue weighted by Gasteiger charge is 2.36. The molecular formula is C14H28N2. The number of likely N-dealkylation sites (N-methyl/N-ethyl adjacent to an activating group) is 2. The van der Waals surface area contributed by atoms with Crippen molar-refractivity contribution in [3.05, 3.63) is 0 Å². The van der Waals surface area contributed by atoms with E-state index in [1.165, 1.54) is 51.5 Å². The van der Waals surface area contributed by atoms with Crippen LogP contribution in [0.3, 0.4) is 0 Å². The lowest BCUT2D eigenvalue weighted by molar-refractivity contribution is 0.147. The summed E-state index contributed by atoms with van der Waals surface area (Å²) in [5.41, 5.74) is 0. The zero-order chi connectivity index (χ0) is 11.4. The molecule has 1 N–H and O–H groups in total. The van der Waals surface area contributed by atoms with E-state index >= 15 is 0 Å². The SMILES string of the molecule is CCNC1CCCCCC1N(CC)C1CC1. The van der Waals surface area contributed by atoms with Gasteiger partial charge in [-0.15, -0.1) is 0 Å².